The summed E-state index contributed by atoms with van der Waals surface area (Å²) in [6.07, 6.45) is 0.894. The number of hydrogen-bond donors (Lipinski definition) is 1. The number of oxazole rings is 1. The molecule has 0 aliphatic carbocycles. The molecule has 0 spiro atoms. The molecule has 0 radical (unpaired) electrons. The Kier molecular flexibility index (Phi) is 2.93. The van der Waals surface area contributed by atoms with E-state index in [-0.39, 0.29) is 0 Å². The Balaban J connectivity index is 2.42. The number of benzene rings is 1. The number of halogens is 1. The maximum absolute atomic E-state index is 6.14. The van der Waals surface area contributed by atoms with E-state index in [1.807, 2.05) is 26.1 Å². The van der Waals surface area contributed by atoms with Gasteiger partial charge in [0.15, 0.2) is 11.5 Å². The summed E-state index contributed by atoms with van der Waals surface area (Å²) >= 11 is 6.14. The maximum Gasteiger partial charge on any atom is 0.192 e. The number of aromatic nitrogens is 1. The van der Waals surface area contributed by atoms with Crippen LogP contribution in [0.15, 0.2) is 16.5 Å². The van der Waals surface area contributed by atoms with Gasteiger partial charge in [-0.2, -0.15) is 0 Å². The summed E-state index contributed by atoms with van der Waals surface area (Å²) in [6, 6.07) is 3.83. The molecule has 1 heterocycles. The highest BCUT2D eigenvalue weighted by Gasteiger charge is 2.07. The van der Waals surface area contributed by atoms with Gasteiger partial charge in [-0.3, -0.25) is 0 Å². The maximum atomic E-state index is 6.14. The summed E-state index contributed by atoms with van der Waals surface area (Å²) in [7, 11) is 1.92. The van der Waals surface area contributed by atoms with Crippen LogP contribution in [0.5, 0.6) is 0 Å². The molecule has 0 saturated carbocycles. The molecule has 80 valence electrons. The Morgan fingerprint density at radius 1 is 1.47 bits per heavy atom. The molecule has 0 unspecified atom stereocenters. The topological polar surface area (TPSA) is 38.1 Å². The van der Waals surface area contributed by atoms with Gasteiger partial charge in [0.2, 0.25) is 0 Å². The monoisotopic (exact) mass is 224 g/mol. The van der Waals surface area contributed by atoms with Crippen LogP contribution in [-0.2, 0) is 6.42 Å². The lowest BCUT2D eigenvalue weighted by atomic mass is 10.1. The first-order chi connectivity index (χ1) is 7.20. The number of nitrogens with zero attached hydrogens (tertiary/aromatic N) is 1. The van der Waals surface area contributed by atoms with E-state index in [0.717, 1.165) is 34.7 Å². The molecule has 2 aromatic rings. The average Bonchev–Trinajstić information content (AvgIpc) is 2.53. The van der Waals surface area contributed by atoms with E-state index in [0.29, 0.717) is 5.89 Å². The average molecular weight is 225 g/mol. The summed E-state index contributed by atoms with van der Waals surface area (Å²) in [5, 5.41) is 3.85. The molecule has 3 nitrogen and oxygen atoms in total. The Morgan fingerprint density at radius 2 is 2.27 bits per heavy atom. The lowest BCUT2D eigenvalue weighted by Crippen LogP contribution is -2.10. The summed E-state index contributed by atoms with van der Waals surface area (Å²) in [4.78, 5) is 4.23. The second kappa shape index (κ2) is 4.21. The molecule has 0 saturated heterocycles. The molecule has 2 rings (SSSR count). The van der Waals surface area contributed by atoms with Crippen molar-refractivity contribution >= 4 is 22.7 Å². The lowest BCUT2D eigenvalue weighted by Gasteiger charge is -2.02. The molecule has 0 bridgehead atoms. The van der Waals surface area contributed by atoms with Gasteiger partial charge < -0.3 is 9.73 Å². The van der Waals surface area contributed by atoms with Crippen molar-refractivity contribution in [3.8, 4) is 0 Å². The Labute approximate surface area is 93.4 Å². The van der Waals surface area contributed by atoms with Gasteiger partial charge in [0.25, 0.3) is 0 Å². The normalized spacial score (nSPS) is 11.1. The molecule has 4 heteroatoms. The van der Waals surface area contributed by atoms with Crippen LogP contribution >= 0.6 is 11.6 Å². The number of aryl methyl sites for hydroxylation is 1. The van der Waals surface area contributed by atoms with Crippen molar-refractivity contribution in [2.24, 2.45) is 0 Å². The largest absolute Gasteiger partial charge is 0.441 e. The van der Waals surface area contributed by atoms with Crippen LogP contribution in [0.2, 0.25) is 5.02 Å². The highest BCUT2D eigenvalue weighted by molar-refractivity contribution is 6.32. The smallest absolute Gasteiger partial charge is 0.192 e. The Hall–Kier alpha value is -1.06. The van der Waals surface area contributed by atoms with Crippen LogP contribution < -0.4 is 5.32 Å². The van der Waals surface area contributed by atoms with Crippen molar-refractivity contribution in [2.45, 2.75) is 13.3 Å². The van der Waals surface area contributed by atoms with Gasteiger partial charge in [-0.15, -0.1) is 0 Å². The van der Waals surface area contributed by atoms with E-state index in [2.05, 4.69) is 10.3 Å². The van der Waals surface area contributed by atoms with Gasteiger partial charge in [0.05, 0.1) is 0 Å². The van der Waals surface area contributed by atoms with Gasteiger partial charge in [0.1, 0.15) is 5.52 Å². The number of likely N-dealkylation sites (N-methyl/N-ethyl adjacent to an activating group) is 1. The van der Waals surface area contributed by atoms with Crippen molar-refractivity contribution in [3.63, 3.8) is 0 Å². The molecule has 1 aromatic heterocycles. The van der Waals surface area contributed by atoms with Gasteiger partial charge in [0, 0.05) is 11.9 Å². The van der Waals surface area contributed by atoms with E-state index < -0.39 is 0 Å². The van der Waals surface area contributed by atoms with Crippen LogP contribution in [0.3, 0.4) is 0 Å². The predicted molar refractivity (Wildman–Crippen MR) is 61.4 cm³/mol. The zero-order chi connectivity index (χ0) is 10.8. The van der Waals surface area contributed by atoms with Gasteiger partial charge in [-0.25, -0.2) is 4.98 Å². The van der Waals surface area contributed by atoms with Crippen molar-refractivity contribution in [2.75, 3.05) is 13.6 Å². The summed E-state index contributed by atoms with van der Waals surface area (Å²) in [5.74, 6) is 0.673. The van der Waals surface area contributed by atoms with E-state index in [1.165, 1.54) is 0 Å². The van der Waals surface area contributed by atoms with E-state index in [4.69, 9.17) is 16.0 Å². The minimum absolute atomic E-state index is 0.673. The SMILES string of the molecule is CNCCc1cc2oc(C)nc2cc1Cl. The van der Waals surface area contributed by atoms with E-state index in [1.54, 1.807) is 0 Å². The fraction of sp³-hybridized carbons (Fsp3) is 0.364. The van der Waals surface area contributed by atoms with Crippen molar-refractivity contribution in [3.05, 3.63) is 28.6 Å². The highest BCUT2D eigenvalue weighted by atomic mass is 35.5. The van der Waals surface area contributed by atoms with E-state index in [9.17, 15) is 0 Å². The van der Waals surface area contributed by atoms with E-state index >= 15 is 0 Å². The number of fused-ring (bicyclic) bond motifs is 1. The molecule has 0 fully saturated rings. The van der Waals surface area contributed by atoms with Crippen LogP contribution in [0.4, 0.5) is 0 Å². The standard InChI is InChI=1S/C11H13ClN2O/c1-7-14-10-6-9(12)8(3-4-13-2)5-11(10)15-7/h5-6,13H,3-4H2,1-2H3. The lowest BCUT2D eigenvalue weighted by molar-refractivity contribution is 0.560. The van der Waals surface area contributed by atoms with Crippen molar-refractivity contribution < 1.29 is 4.42 Å². The van der Waals surface area contributed by atoms with Gasteiger partial charge in [-0.1, -0.05) is 11.6 Å². The third-order valence-electron chi connectivity index (χ3n) is 2.31. The molecule has 15 heavy (non-hydrogen) atoms. The molecular weight excluding hydrogens is 212 g/mol. The molecule has 1 aromatic carbocycles. The molecular formula is C11H13ClN2O. The van der Waals surface area contributed by atoms with Crippen molar-refractivity contribution in [1.82, 2.24) is 10.3 Å². The fourth-order valence-corrected chi connectivity index (χ4v) is 1.81. The Morgan fingerprint density at radius 3 is 3.00 bits per heavy atom. The second-order valence-corrected chi connectivity index (χ2v) is 3.90. The molecule has 0 amide bonds. The highest BCUT2D eigenvalue weighted by Crippen LogP contribution is 2.24. The quantitative estimate of drug-likeness (QED) is 0.871. The number of hydrogen-bond acceptors (Lipinski definition) is 3. The minimum Gasteiger partial charge on any atom is -0.441 e. The molecule has 0 aliphatic heterocycles. The fourth-order valence-electron chi connectivity index (χ4n) is 1.56. The Bertz CT molecular complexity index is 479. The number of nitrogens with one attached hydrogen (secondary N) is 1. The minimum atomic E-state index is 0.673. The van der Waals surface area contributed by atoms with Crippen LogP contribution in [-0.4, -0.2) is 18.6 Å². The van der Waals surface area contributed by atoms with Crippen LogP contribution in [0.25, 0.3) is 11.1 Å². The first-order valence-electron chi connectivity index (χ1n) is 4.91. The van der Waals surface area contributed by atoms with Crippen LogP contribution in [0.1, 0.15) is 11.5 Å². The van der Waals surface area contributed by atoms with Crippen molar-refractivity contribution in [1.29, 1.82) is 0 Å². The molecule has 1 N–H and O–H groups in total. The summed E-state index contributed by atoms with van der Waals surface area (Å²) in [6.45, 7) is 2.74. The van der Waals surface area contributed by atoms with Gasteiger partial charge >= 0.3 is 0 Å². The zero-order valence-electron chi connectivity index (χ0n) is 8.80. The van der Waals surface area contributed by atoms with Gasteiger partial charge in [-0.05, 0) is 37.7 Å². The number of rotatable bonds is 3. The molecule has 0 aliphatic rings. The first-order valence-corrected chi connectivity index (χ1v) is 5.28. The van der Waals surface area contributed by atoms with Crippen LogP contribution in [0, 0.1) is 6.92 Å². The summed E-state index contributed by atoms with van der Waals surface area (Å²) < 4.78 is 5.45. The summed E-state index contributed by atoms with van der Waals surface area (Å²) in [5.41, 5.74) is 2.73. The first kappa shape index (κ1) is 10.5. The third-order valence-corrected chi connectivity index (χ3v) is 2.66. The third kappa shape index (κ3) is 2.13. The molecule has 0 atom stereocenters. The second-order valence-electron chi connectivity index (χ2n) is 3.50. The zero-order valence-corrected chi connectivity index (χ0v) is 9.56. The predicted octanol–water partition coefficient (Wildman–Crippen LogP) is 2.55.